The van der Waals surface area contributed by atoms with Crippen molar-refractivity contribution in [3.8, 4) is 11.1 Å². The van der Waals surface area contributed by atoms with Gasteiger partial charge in [0.2, 0.25) is 0 Å². The Balaban J connectivity index is 0.00000229. The molecule has 0 saturated heterocycles. The summed E-state index contributed by atoms with van der Waals surface area (Å²) >= 11 is 0. The molecule has 2 aromatic carbocycles. The van der Waals surface area contributed by atoms with E-state index in [1.165, 1.54) is 16.3 Å². The summed E-state index contributed by atoms with van der Waals surface area (Å²) in [6.45, 7) is 0. The quantitative estimate of drug-likeness (QED) is 0.229. The van der Waals surface area contributed by atoms with Crippen LogP contribution in [0.3, 0.4) is 0 Å². The van der Waals surface area contributed by atoms with Gasteiger partial charge in [-0.1, -0.05) is 42.5 Å². The number of hydrogen-bond acceptors (Lipinski definition) is 2. The van der Waals surface area contributed by atoms with Crippen molar-refractivity contribution in [1.82, 2.24) is 19.9 Å². The number of rotatable bonds is 1. The Morgan fingerprint density at radius 2 is 1.14 bits per heavy atom. The molecule has 0 fully saturated rings. The molecule has 0 radical (unpaired) electrons. The zero-order valence-corrected chi connectivity index (χ0v) is 22.0. The number of aromatic amines is 2. The Morgan fingerprint density at radius 1 is 0.486 bits per heavy atom. The fraction of sp³-hybridized carbons (Fsp3) is 0. The summed E-state index contributed by atoms with van der Waals surface area (Å²) in [5, 5.41) is 2.46. The van der Waals surface area contributed by atoms with Crippen molar-refractivity contribution in [2.45, 2.75) is 0 Å². The molecule has 5 heteroatoms. The van der Waals surface area contributed by atoms with Crippen molar-refractivity contribution in [1.29, 1.82) is 0 Å². The summed E-state index contributed by atoms with van der Waals surface area (Å²) in [5.41, 5.74) is 10.1. The summed E-state index contributed by atoms with van der Waals surface area (Å²) in [4.78, 5) is 16.6. The molecule has 8 bridgehead atoms. The molecular formula is C30H20N4Zn. The first kappa shape index (κ1) is 21.5. The van der Waals surface area contributed by atoms with Crippen molar-refractivity contribution < 1.29 is 19.5 Å². The molecule has 3 aromatic heterocycles. The summed E-state index contributed by atoms with van der Waals surface area (Å²) in [6, 6.07) is 29.7. The maximum absolute atomic E-state index is 4.82. The maximum Gasteiger partial charge on any atom is 0.0659 e. The van der Waals surface area contributed by atoms with Gasteiger partial charge in [-0.05, 0) is 83.1 Å². The second kappa shape index (κ2) is 8.61. The van der Waals surface area contributed by atoms with Crippen molar-refractivity contribution in [3.05, 3.63) is 108 Å². The van der Waals surface area contributed by atoms with Crippen LogP contribution in [0.15, 0.2) is 84.9 Å². The van der Waals surface area contributed by atoms with E-state index in [-0.39, 0.29) is 19.5 Å². The topological polar surface area (TPSA) is 57.4 Å². The number of nitrogens with one attached hydrogen (secondary N) is 2. The minimum Gasteiger partial charge on any atom is -0.355 e. The Kier molecular flexibility index (Phi) is 5.28. The van der Waals surface area contributed by atoms with Gasteiger partial charge in [-0.25, -0.2) is 9.97 Å². The van der Waals surface area contributed by atoms with Crippen LogP contribution in [0.25, 0.3) is 68.3 Å². The minimum atomic E-state index is 0. The van der Waals surface area contributed by atoms with E-state index >= 15 is 0 Å². The fourth-order valence-corrected chi connectivity index (χ4v) is 4.70. The summed E-state index contributed by atoms with van der Waals surface area (Å²) in [5.74, 6) is 0. The molecule has 4 nitrogen and oxygen atoms in total. The van der Waals surface area contributed by atoms with Crippen molar-refractivity contribution in [2.24, 2.45) is 0 Å². The summed E-state index contributed by atoms with van der Waals surface area (Å²) < 4.78 is 0. The third-order valence-corrected chi connectivity index (χ3v) is 6.25. The van der Waals surface area contributed by atoms with Crippen LogP contribution in [0.5, 0.6) is 0 Å². The molecule has 2 N–H and O–H groups in total. The van der Waals surface area contributed by atoms with Crippen molar-refractivity contribution in [3.63, 3.8) is 0 Å². The van der Waals surface area contributed by atoms with Gasteiger partial charge in [-0.15, -0.1) is 0 Å². The zero-order valence-electron chi connectivity index (χ0n) is 19.0. The molecule has 2 aliphatic rings. The van der Waals surface area contributed by atoms with Gasteiger partial charge in [0, 0.05) is 47.1 Å². The maximum atomic E-state index is 4.82. The second-order valence-corrected chi connectivity index (χ2v) is 8.61. The number of H-pyrrole nitrogens is 2. The first-order valence-corrected chi connectivity index (χ1v) is 11.3. The molecule has 35 heavy (non-hydrogen) atoms. The second-order valence-electron chi connectivity index (χ2n) is 8.61. The molecule has 5 aromatic rings. The minimum absolute atomic E-state index is 0. The molecule has 0 aliphatic carbocycles. The Bertz CT molecular complexity index is 1820. The normalized spacial score (nSPS) is 12.1. The van der Waals surface area contributed by atoms with E-state index in [0.29, 0.717) is 0 Å². The smallest absolute Gasteiger partial charge is 0.0659 e. The van der Waals surface area contributed by atoms with E-state index in [1.54, 1.807) is 0 Å². The average Bonchev–Trinajstić information content (AvgIpc) is 3.64. The molecule has 2 aliphatic heterocycles. The van der Waals surface area contributed by atoms with Gasteiger partial charge in [0.1, 0.15) is 0 Å². The predicted octanol–water partition coefficient (Wildman–Crippen LogP) is 7.47. The van der Waals surface area contributed by atoms with Gasteiger partial charge < -0.3 is 9.97 Å². The van der Waals surface area contributed by atoms with E-state index in [0.717, 1.165) is 50.4 Å². The predicted molar refractivity (Wildman–Crippen MR) is 142 cm³/mol. The van der Waals surface area contributed by atoms with Crippen LogP contribution in [-0.4, -0.2) is 19.9 Å². The van der Waals surface area contributed by atoms with E-state index in [1.807, 2.05) is 30.4 Å². The standard InChI is InChI=1S/C30H20N4.Zn/c1-2-6-27-19(4-1)5-3-7-28(27)29-17-26-16-24-11-10-22(32-24)14-20-8-9-21(31-20)15-23-12-13-25(33-23)18-30(29)34-26;/h1-18,32,34H;. The van der Waals surface area contributed by atoms with Gasteiger partial charge in [0.25, 0.3) is 0 Å². The Labute approximate surface area is 214 Å². The number of aromatic nitrogens is 4. The fourth-order valence-electron chi connectivity index (χ4n) is 4.70. The Morgan fingerprint density at radius 3 is 1.94 bits per heavy atom. The number of fused-ring (bicyclic) bond motifs is 9. The average molecular weight is 502 g/mol. The molecule has 5 heterocycles. The van der Waals surface area contributed by atoms with Crippen molar-refractivity contribution >= 4 is 57.1 Å². The van der Waals surface area contributed by atoms with Crippen LogP contribution in [0.4, 0.5) is 0 Å². The van der Waals surface area contributed by atoms with E-state index < -0.39 is 0 Å². The largest absolute Gasteiger partial charge is 0.355 e. The zero-order chi connectivity index (χ0) is 22.5. The monoisotopic (exact) mass is 500 g/mol. The molecule has 162 valence electrons. The molecule has 0 spiro atoms. The van der Waals surface area contributed by atoms with Crippen LogP contribution < -0.4 is 0 Å². The van der Waals surface area contributed by atoms with Crippen LogP contribution in [0, 0.1) is 0 Å². The molecule has 0 saturated carbocycles. The summed E-state index contributed by atoms with van der Waals surface area (Å²) in [6.07, 6.45) is 8.13. The number of benzene rings is 2. The number of hydrogen-bond donors (Lipinski definition) is 2. The molecule has 0 atom stereocenters. The molecule has 0 unspecified atom stereocenters. The molecule has 0 amide bonds. The molecular weight excluding hydrogens is 482 g/mol. The van der Waals surface area contributed by atoms with Crippen LogP contribution in [-0.2, 0) is 19.5 Å². The van der Waals surface area contributed by atoms with Crippen LogP contribution >= 0.6 is 0 Å². The van der Waals surface area contributed by atoms with Gasteiger partial charge >= 0.3 is 0 Å². The van der Waals surface area contributed by atoms with Gasteiger partial charge in [0.05, 0.1) is 22.8 Å². The SMILES string of the molecule is C1=Cc2cc3ccc(cc4cc(-c5cccc6ccccc56)c(cc5nc(cc1n2)C=C5)[nH]4)[nH]3.[Zn]. The first-order chi connectivity index (χ1) is 16.8. The van der Waals surface area contributed by atoms with Crippen LogP contribution in [0.1, 0.15) is 22.8 Å². The first-order valence-electron chi connectivity index (χ1n) is 11.3. The third-order valence-electron chi connectivity index (χ3n) is 6.25. The van der Waals surface area contributed by atoms with E-state index in [2.05, 4.69) is 88.8 Å². The van der Waals surface area contributed by atoms with Gasteiger partial charge in [-0.2, -0.15) is 0 Å². The van der Waals surface area contributed by atoms with E-state index in [4.69, 9.17) is 9.97 Å². The third kappa shape index (κ3) is 4.05. The number of nitrogens with zero attached hydrogens (tertiary/aromatic N) is 2. The van der Waals surface area contributed by atoms with E-state index in [9.17, 15) is 0 Å². The summed E-state index contributed by atoms with van der Waals surface area (Å²) in [7, 11) is 0. The van der Waals surface area contributed by atoms with Crippen LogP contribution in [0.2, 0.25) is 0 Å². The Hall–Kier alpha value is -4.08. The van der Waals surface area contributed by atoms with Gasteiger partial charge in [0.15, 0.2) is 0 Å². The van der Waals surface area contributed by atoms with Crippen molar-refractivity contribution in [2.75, 3.05) is 0 Å². The molecule has 7 rings (SSSR count). The van der Waals surface area contributed by atoms with Gasteiger partial charge in [-0.3, -0.25) is 0 Å².